The van der Waals surface area contributed by atoms with Crippen molar-refractivity contribution in [3.63, 3.8) is 0 Å². The van der Waals surface area contributed by atoms with Gasteiger partial charge < -0.3 is 9.97 Å². The Morgan fingerprint density at radius 3 is 2.32 bits per heavy atom. The standard InChI is InChI=1S/C17H11N3O2/c21-16-11(9-10-5-1-2-6-12(10)19-16)15-17(22)20-14-8-4-3-7-13(14)18-15/h1-9H,(H,19,21)(H,20,22). The Kier molecular flexibility index (Phi) is 2.66. The number of pyridine rings is 1. The topological polar surface area (TPSA) is 78.6 Å². The van der Waals surface area contributed by atoms with Crippen LogP contribution < -0.4 is 11.1 Å². The maximum atomic E-state index is 12.3. The number of H-pyrrole nitrogens is 2. The lowest BCUT2D eigenvalue weighted by Gasteiger charge is -2.04. The van der Waals surface area contributed by atoms with Crippen LogP contribution in [-0.2, 0) is 0 Å². The molecule has 0 saturated heterocycles. The van der Waals surface area contributed by atoms with Crippen LogP contribution in [0.5, 0.6) is 0 Å². The molecule has 22 heavy (non-hydrogen) atoms. The van der Waals surface area contributed by atoms with Gasteiger partial charge in [0.2, 0.25) is 0 Å². The molecule has 0 aliphatic heterocycles. The van der Waals surface area contributed by atoms with Crippen molar-refractivity contribution in [2.45, 2.75) is 0 Å². The van der Waals surface area contributed by atoms with Crippen molar-refractivity contribution in [1.29, 1.82) is 0 Å². The fraction of sp³-hybridized carbons (Fsp3) is 0. The molecule has 0 atom stereocenters. The number of benzene rings is 2. The lowest BCUT2D eigenvalue weighted by atomic mass is 10.1. The summed E-state index contributed by atoms with van der Waals surface area (Å²) in [4.78, 5) is 34.4. The van der Waals surface area contributed by atoms with Gasteiger partial charge in [-0.25, -0.2) is 4.98 Å². The number of rotatable bonds is 1. The van der Waals surface area contributed by atoms with Gasteiger partial charge in [-0.3, -0.25) is 9.59 Å². The van der Waals surface area contributed by atoms with E-state index in [-0.39, 0.29) is 22.4 Å². The molecule has 5 heteroatoms. The van der Waals surface area contributed by atoms with Gasteiger partial charge in [0.05, 0.1) is 16.6 Å². The minimum atomic E-state index is -0.375. The third kappa shape index (κ3) is 1.91. The van der Waals surface area contributed by atoms with Crippen LogP contribution in [0.15, 0.2) is 64.2 Å². The van der Waals surface area contributed by atoms with Crippen LogP contribution in [0.3, 0.4) is 0 Å². The first-order valence-corrected chi connectivity index (χ1v) is 6.84. The van der Waals surface area contributed by atoms with Crippen molar-refractivity contribution in [2.75, 3.05) is 0 Å². The summed E-state index contributed by atoms with van der Waals surface area (Å²) in [5.74, 6) is 0. The summed E-state index contributed by atoms with van der Waals surface area (Å²) in [6.07, 6.45) is 0. The predicted octanol–water partition coefficient (Wildman–Crippen LogP) is 2.43. The molecular formula is C17H11N3O2. The van der Waals surface area contributed by atoms with Gasteiger partial charge in [-0.05, 0) is 29.7 Å². The van der Waals surface area contributed by atoms with E-state index in [2.05, 4.69) is 15.0 Å². The molecule has 0 spiro atoms. The molecule has 0 aliphatic rings. The number of hydrogen-bond donors (Lipinski definition) is 2. The molecule has 2 N–H and O–H groups in total. The molecule has 0 fully saturated rings. The molecule has 0 aliphatic carbocycles. The molecule has 0 unspecified atom stereocenters. The minimum absolute atomic E-state index is 0.130. The van der Waals surface area contributed by atoms with E-state index in [4.69, 9.17) is 0 Å². The second kappa shape index (κ2) is 4.66. The molecule has 106 valence electrons. The smallest absolute Gasteiger partial charge is 0.275 e. The predicted molar refractivity (Wildman–Crippen MR) is 85.9 cm³/mol. The molecule has 4 rings (SSSR count). The molecule has 0 bridgehead atoms. The Labute approximate surface area is 124 Å². The van der Waals surface area contributed by atoms with E-state index in [9.17, 15) is 9.59 Å². The summed E-state index contributed by atoms with van der Waals surface area (Å²) in [5.41, 5.74) is 1.72. The van der Waals surface area contributed by atoms with Gasteiger partial charge in [0.1, 0.15) is 5.69 Å². The zero-order chi connectivity index (χ0) is 15.1. The van der Waals surface area contributed by atoms with Crippen LogP contribution in [-0.4, -0.2) is 15.0 Å². The number of hydrogen-bond acceptors (Lipinski definition) is 3. The Balaban J connectivity index is 2.06. The van der Waals surface area contributed by atoms with Crippen molar-refractivity contribution >= 4 is 21.9 Å². The van der Waals surface area contributed by atoms with Gasteiger partial charge in [-0.15, -0.1) is 0 Å². The Bertz CT molecular complexity index is 1030. The number of fused-ring (bicyclic) bond motifs is 2. The van der Waals surface area contributed by atoms with Crippen molar-refractivity contribution in [3.05, 3.63) is 75.3 Å². The minimum Gasteiger partial charge on any atom is -0.321 e. The largest absolute Gasteiger partial charge is 0.321 e. The van der Waals surface area contributed by atoms with E-state index >= 15 is 0 Å². The van der Waals surface area contributed by atoms with E-state index in [1.807, 2.05) is 36.4 Å². The van der Waals surface area contributed by atoms with Gasteiger partial charge in [-0.2, -0.15) is 0 Å². The van der Waals surface area contributed by atoms with Crippen LogP contribution in [0.4, 0.5) is 0 Å². The summed E-state index contributed by atoms with van der Waals surface area (Å²) < 4.78 is 0. The highest BCUT2D eigenvalue weighted by Gasteiger charge is 2.12. The lowest BCUT2D eigenvalue weighted by molar-refractivity contribution is 1.20. The maximum Gasteiger partial charge on any atom is 0.275 e. The zero-order valence-corrected chi connectivity index (χ0v) is 11.5. The van der Waals surface area contributed by atoms with Gasteiger partial charge in [-0.1, -0.05) is 30.3 Å². The Hall–Kier alpha value is -3.21. The van der Waals surface area contributed by atoms with E-state index in [0.29, 0.717) is 11.0 Å². The molecular weight excluding hydrogens is 278 g/mol. The van der Waals surface area contributed by atoms with E-state index < -0.39 is 0 Å². The monoisotopic (exact) mass is 289 g/mol. The van der Waals surface area contributed by atoms with Crippen LogP contribution >= 0.6 is 0 Å². The molecule has 4 aromatic rings. The third-order valence-electron chi connectivity index (χ3n) is 3.61. The number of para-hydroxylation sites is 3. The first kappa shape index (κ1) is 12.5. The second-order valence-corrected chi connectivity index (χ2v) is 5.03. The number of nitrogens with one attached hydrogen (secondary N) is 2. The maximum absolute atomic E-state index is 12.3. The van der Waals surface area contributed by atoms with E-state index in [1.54, 1.807) is 18.2 Å². The molecule has 5 nitrogen and oxygen atoms in total. The van der Waals surface area contributed by atoms with Gasteiger partial charge >= 0.3 is 0 Å². The van der Waals surface area contributed by atoms with Crippen molar-refractivity contribution < 1.29 is 0 Å². The van der Waals surface area contributed by atoms with Gasteiger partial charge in [0.25, 0.3) is 11.1 Å². The SMILES string of the molecule is O=c1[nH]c2ccccc2cc1-c1nc2ccccc2[nH]c1=O. The first-order valence-electron chi connectivity index (χ1n) is 6.84. The summed E-state index contributed by atoms with van der Waals surface area (Å²) in [5, 5.41) is 0.853. The van der Waals surface area contributed by atoms with Crippen molar-refractivity contribution in [2.24, 2.45) is 0 Å². The Morgan fingerprint density at radius 1 is 0.773 bits per heavy atom. The molecule has 0 saturated carbocycles. The molecule has 2 aromatic heterocycles. The molecule has 0 amide bonds. The number of aromatic nitrogens is 3. The van der Waals surface area contributed by atoms with E-state index in [1.165, 1.54) is 0 Å². The molecule has 2 heterocycles. The lowest BCUT2D eigenvalue weighted by Crippen LogP contribution is -2.18. The molecule has 2 aromatic carbocycles. The van der Waals surface area contributed by atoms with Crippen LogP contribution in [0.25, 0.3) is 33.2 Å². The summed E-state index contributed by atoms with van der Waals surface area (Å²) >= 11 is 0. The van der Waals surface area contributed by atoms with Crippen molar-refractivity contribution in [3.8, 4) is 11.3 Å². The summed E-state index contributed by atoms with van der Waals surface area (Å²) in [6, 6.07) is 16.3. The quantitative estimate of drug-likeness (QED) is 0.565. The average Bonchev–Trinajstić information content (AvgIpc) is 2.54. The fourth-order valence-corrected chi connectivity index (χ4v) is 2.54. The fourth-order valence-electron chi connectivity index (χ4n) is 2.54. The average molecular weight is 289 g/mol. The van der Waals surface area contributed by atoms with Crippen LogP contribution in [0.1, 0.15) is 0 Å². The zero-order valence-electron chi connectivity index (χ0n) is 11.5. The van der Waals surface area contributed by atoms with Crippen LogP contribution in [0.2, 0.25) is 0 Å². The summed E-state index contributed by atoms with van der Waals surface area (Å²) in [7, 11) is 0. The highest BCUT2D eigenvalue weighted by molar-refractivity contribution is 5.84. The highest BCUT2D eigenvalue weighted by Crippen LogP contribution is 2.17. The van der Waals surface area contributed by atoms with Crippen LogP contribution in [0, 0.1) is 0 Å². The highest BCUT2D eigenvalue weighted by atomic mass is 16.1. The number of nitrogens with zero attached hydrogens (tertiary/aromatic N) is 1. The van der Waals surface area contributed by atoms with Crippen molar-refractivity contribution in [1.82, 2.24) is 15.0 Å². The molecule has 0 radical (unpaired) electrons. The second-order valence-electron chi connectivity index (χ2n) is 5.03. The summed E-state index contributed by atoms with van der Waals surface area (Å²) in [6.45, 7) is 0. The van der Waals surface area contributed by atoms with Gasteiger partial charge in [0, 0.05) is 5.52 Å². The van der Waals surface area contributed by atoms with E-state index in [0.717, 1.165) is 10.9 Å². The first-order chi connectivity index (χ1) is 10.7. The third-order valence-corrected chi connectivity index (χ3v) is 3.61. The normalized spacial score (nSPS) is 11.1. The Morgan fingerprint density at radius 2 is 1.45 bits per heavy atom. The van der Waals surface area contributed by atoms with Gasteiger partial charge in [0.15, 0.2) is 0 Å². The number of aromatic amines is 2.